The van der Waals surface area contributed by atoms with Gasteiger partial charge < -0.3 is 14.7 Å². The molecule has 1 N–H and O–H groups in total. The summed E-state index contributed by atoms with van der Waals surface area (Å²) in [7, 11) is 0. The number of aromatic nitrogens is 1. The number of carbonyl (C=O) groups excluding carboxylic acids is 1. The molecule has 1 amide bonds. The molecule has 0 bridgehead atoms. The van der Waals surface area contributed by atoms with E-state index in [-0.39, 0.29) is 18.6 Å². The molecule has 104 valence electrons. The Morgan fingerprint density at radius 3 is 3.20 bits per heavy atom. The zero-order chi connectivity index (χ0) is 13.9. The monoisotopic (exact) mass is 272 g/mol. The van der Waals surface area contributed by atoms with Crippen LogP contribution in [0.15, 0.2) is 36.5 Å². The predicted octanol–water partition coefficient (Wildman–Crippen LogP) is 1.07. The fraction of sp³-hybridized carbons (Fsp3) is 0.333. The summed E-state index contributed by atoms with van der Waals surface area (Å²) >= 11 is 0. The molecule has 1 saturated heterocycles. The number of amides is 1. The first-order chi connectivity index (χ1) is 9.79. The molecule has 2 heterocycles. The van der Waals surface area contributed by atoms with Gasteiger partial charge in [-0.3, -0.25) is 9.78 Å². The molecular formula is C15H16N2O3. The third-order valence-corrected chi connectivity index (χ3v) is 3.55. The number of rotatable bonds is 2. The van der Waals surface area contributed by atoms with E-state index >= 15 is 0 Å². The summed E-state index contributed by atoms with van der Waals surface area (Å²) in [6, 6.07) is 8.98. The molecule has 1 aromatic carbocycles. The van der Waals surface area contributed by atoms with Crippen LogP contribution in [-0.4, -0.2) is 53.3 Å². The number of nitrogens with zero attached hydrogens (tertiary/aromatic N) is 2. The molecular weight excluding hydrogens is 256 g/mol. The average Bonchev–Trinajstić information content (AvgIpc) is 2.53. The van der Waals surface area contributed by atoms with E-state index in [0.29, 0.717) is 25.3 Å². The Morgan fingerprint density at radius 1 is 1.45 bits per heavy atom. The number of hydrogen-bond acceptors (Lipinski definition) is 4. The lowest BCUT2D eigenvalue weighted by Crippen LogP contribution is -2.50. The maximum atomic E-state index is 12.6. The molecule has 1 fully saturated rings. The molecule has 5 heteroatoms. The average molecular weight is 272 g/mol. The van der Waals surface area contributed by atoms with Crippen LogP contribution >= 0.6 is 0 Å². The molecule has 0 saturated carbocycles. The van der Waals surface area contributed by atoms with Crippen molar-refractivity contribution in [3.8, 4) is 0 Å². The summed E-state index contributed by atoms with van der Waals surface area (Å²) in [6.07, 6.45) is 1.73. The summed E-state index contributed by atoms with van der Waals surface area (Å²) in [5.41, 5.74) is 1.48. The van der Waals surface area contributed by atoms with Gasteiger partial charge in [0.25, 0.3) is 5.91 Å². The Balaban J connectivity index is 1.91. The van der Waals surface area contributed by atoms with Crippen LogP contribution in [0.1, 0.15) is 10.4 Å². The maximum absolute atomic E-state index is 12.6. The number of benzene rings is 1. The SMILES string of the molecule is O=C(c1ccc2ncccc2c1)N1CCOCC1CO. The third kappa shape index (κ3) is 2.37. The summed E-state index contributed by atoms with van der Waals surface area (Å²) in [6.45, 7) is 1.32. The molecule has 20 heavy (non-hydrogen) atoms. The van der Waals surface area contributed by atoms with Crippen molar-refractivity contribution >= 4 is 16.8 Å². The minimum absolute atomic E-state index is 0.0712. The van der Waals surface area contributed by atoms with E-state index in [1.165, 1.54) is 0 Å². The van der Waals surface area contributed by atoms with E-state index in [0.717, 1.165) is 10.9 Å². The number of carbonyl (C=O) groups is 1. The van der Waals surface area contributed by atoms with Gasteiger partial charge in [-0.2, -0.15) is 0 Å². The topological polar surface area (TPSA) is 62.7 Å². The molecule has 1 aliphatic rings. The minimum Gasteiger partial charge on any atom is -0.394 e. The van der Waals surface area contributed by atoms with Crippen molar-refractivity contribution in [3.05, 3.63) is 42.1 Å². The van der Waals surface area contributed by atoms with Crippen LogP contribution in [0.5, 0.6) is 0 Å². The third-order valence-electron chi connectivity index (χ3n) is 3.55. The van der Waals surface area contributed by atoms with Crippen LogP contribution in [-0.2, 0) is 4.74 Å². The van der Waals surface area contributed by atoms with Crippen LogP contribution in [0, 0.1) is 0 Å². The lowest BCUT2D eigenvalue weighted by atomic mass is 10.1. The molecule has 1 aliphatic heterocycles. The van der Waals surface area contributed by atoms with Crippen molar-refractivity contribution < 1.29 is 14.6 Å². The summed E-state index contributed by atoms with van der Waals surface area (Å²) in [5.74, 6) is -0.0712. The van der Waals surface area contributed by atoms with Gasteiger partial charge in [0, 0.05) is 23.7 Å². The summed E-state index contributed by atoms with van der Waals surface area (Å²) < 4.78 is 5.30. The smallest absolute Gasteiger partial charge is 0.254 e. The van der Waals surface area contributed by atoms with E-state index in [4.69, 9.17) is 4.74 Å². The van der Waals surface area contributed by atoms with Gasteiger partial charge in [0.1, 0.15) is 0 Å². The Hall–Kier alpha value is -1.98. The summed E-state index contributed by atoms with van der Waals surface area (Å²) in [4.78, 5) is 18.5. The highest BCUT2D eigenvalue weighted by Gasteiger charge is 2.27. The molecule has 1 atom stereocenters. The van der Waals surface area contributed by atoms with Crippen LogP contribution < -0.4 is 0 Å². The standard InChI is InChI=1S/C15H16N2O3/c18-9-13-10-20-7-6-17(13)15(19)12-3-4-14-11(8-12)2-1-5-16-14/h1-5,8,13,18H,6-7,9-10H2. The summed E-state index contributed by atoms with van der Waals surface area (Å²) in [5, 5.41) is 10.3. The molecule has 1 aromatic heterocycles. The van der Waals surface area contributed by atoms with Gasteiger partial charge >= 0.3 is 0 Å². The van der Waals surface area contributed by atoms with Gasteiger partial charge in [-0.05, 0) is 24.3 Å². The van der Waals surface area contributed by atoms with E-state index in [1.807, 2.05) is 24.3 Å². The highest BCUT2D eigenvalue weighted by Crippen LogP contribution is 2.17. The van der Waals surface area contributed by atoms with Crippen LogP contribution in [0.4, 0.5) is 0 Å². The molecule has 1 unspecified atom stereocenters. The number of fused-ring (bicyclic) bond motifs is 1. The van der Waals surface area contributed by atoms with E-state index < -0.39 is 0 Å². The molecule has 0 spiro atoms. The fourth-order valence-electron chi connectivity index (χ4n) is 2.45. The number of pyridine rings is 1. The van der Waals surface area contributed by atoms with Crippen molar-refractivity contribution in [2.45, 2.75) is 6.04 Å². The van der Waals surface area contributed by atoms with Gasteiger partial charge in [-0.1, -0.05) is 6.07 Å². The van der Waals surface area contributed by atoms with Gasteiger partial charge in [-0.25, -0.2) is 0 Å². The Labute approximate surface area is 116 Å². The number of aliphatic hydroxyl groups excluding tert-OH is 1. The Morgan fingerprint density at radius 2 is 2.35 bits per heavy atom. The highest BCUT2D eigenvalue weighted by atomic mass is 16.5. The van der Waals surface area contributed by atoms with Crippen molar-refractivity contribution in [1.29, 1.82) is 0 Å². The molecule has 0 aliphatic carbocycles. The quantitative estimate of drug-likeness (QED) is 0.888. The van der Waals surface area contributed by atoms with Crippen molar-refractivity contribution in [2.75, 3.05) is 26.4 Å². The van der Waals surface area contributed by atoms with E-state index in [1.54, 1.807) is 17.2 Å². The number of aliphatic hydroxyl groups is 1. The fourth-order valence-corrected chi connectivity index (χ4v) is 2.45. The molecule has 2 aromatic rings. The lowest BCUT2D eigenvalue weighted by Gasteiger charge is -2.34. The van der Waals surface area contributed by atoms with Gasteiger partial charge in [0.2, 0.25) is 0 Å². The number of morpholine rings is 1. The van der Waals surface area contributed by atoms with Crippen molar-refractivity contribution in [1.82, 2.24) is 9.88 Å². The van der Waals surface area contributed by atoms with Crippen molar-refractivity contribution in [3.63, 3.8) is 0 Å². The normalized spacial score (nSPS) is 19.2. The molecule has 0 radical (unpaired) electrons. The Kier molecular flexibility index (Phi) is 3.62. The number of ether oxygens (including phenoxy) is 1. The highest BCUT2D eigenvalue weighted by molar-refractivity contribution is 5.98. The first-order valence-electron chi connectivity index (χ1n) is 6.64. The van der Waals surface area contributed by atoms with Crippen LogP contribution in [0.3, 0.4) is 0 Å². The van der Waals surface area contributed by atoms with E-state index in [2.05, 4.69) is 4.98 Å². The lowest BCUT2D eigenvalue weighted by molar-refractivity contribution is -0.0183. The zero-order valence-corrected chi connectivity index (χ0v) is 11.0. The predicted molar refractivity (Wildman–Crippen MR) is 74.5 cm³/mol. The molecule has 5 nitrogen and oxygen atoms in total. The first kappa shape index (κ1) is 13.0. The number of hydrogen-bond donors (Lipinski definition) is 1. The zero-order valence-electron chi connectivity index (χ0n) is 11.0. The largest absolute Gasteiger partial charge is 0.394 e. The second kappa shape index (κ2) is 5.56. The molecule has 3 rings (SSSR count). The Bertz CT molecular complexity index is 629. The first-order valence-corrected chi connectivity index (χ1v) is 6.64. The second-order valence-corrected chi connectivity index (χ2v) is 4.82. The van der Waals surface area contributed by atoms with Gasteiger partial charge in [0.15, 0.2) is 0 Å². The van der Waals surface area contributed by atoms with Crippen molar-refractivity contribution in [2.24, 2.45) is 0 Å². The van der Waals surface area contributed by atoms with Gasteiger partial charge in [-0.15, -0.1) is 0 Å². The maximum Gasteiger partial charge on any atom is 0.254 e. The second-order valence-electron chi connectivity index (χ2n) is 4.82. The van der Waals surface area contributed by atoms with Gasteiger partial charge in [0.05, 0.1) is 31.4 Å². The van der Waals surface area contributed by atoms with E-state index in [9.17, 15) is 9.90 Å². The van der Waals surface area contributed by atoms with Crippen LogP contribution in [0.25, 0.3) is 10.9 Å². The van der Waals surface area contributed by atoms with Crippen LogP contribution in [0.2, 0.25) is 0 Å². The minimum atomic E-state index is -0.263.